The summed E-state index contributed by atoms with van der Waals surface area (Å²) in [6.45, 7) is 9.27. The van der Waals surface area contributed by atoms with Gasteiger partial charge in [-0.3, -0.25) is 19.4 Å². The minimum atomic E-state index is -2.27. The molecule has 2 aromatic carbocycles. The number of aliphatic hydroxyl groups excluding tert-OH is 1. The molecular formula is C48H60N4O9S. The zero-order chi connectivity index (χ0) is 43.9. The van der Waals surface area contributed by atoms with Crippen LogP contribution in [0, 0.1) is 11.8 Å². The van der Waals surface area contributed by atoms with Crippen molar-refractivity contribution in [2.45, 2.75) is 98.9 Å². The molecule has 1 aliphatic carbocycles. The second-order valence-electron chi connectivity index (χ2n) is 18.1. The molecule has 6 heterocycles. The van der Waals surface area contributed by atoms with E-state index in [9.17, 15) is 19.8 Å². The number of thioether (sulfide) groups is 1. The molecule has 1 aromatic heterocycles. The van der Waals surface area contributed by atoms with Gasteiger partial charge in [0.2, 0.25) is 5.60 Å². The number of nitrogens with zero attached hydrogens (tertiary/aromatic N) is 3. The van der Waals surface area contributed by atoms with Crippen LogP contribution in [0.15, 0.2) is 58.5 Å². The molecule has 3 N–H and O–H groups in total. The molecule has 62 heavy (non-hydrogen) atoms. The summed E-state index contributed by atoms with van der Waals surface area (Å²) >= 11 is 1.70. The summed E-state index contributed by atoms with van der Waals surface area (Å²) in [5.74, 6) is -1.11. The third-order valence-electron chi connectivity index (χ3n) is 15.2. The van der Waals surface area contributed by atoms with Gasteiger partial charge in [0.25, 0.3) is 0 Å². The summed E-state index contributed by atoms with van der Waals surface area (Å²) in [6, 6.07) is 9.33. The Bertz CT molecular complexity index is 2380. The number of hydrogen-bond donors (Lipinski definition) is 3. The highest BCUT2D eigenvalue weighted by Crippen LogP contribution is 2.65. The van der Waals surface area contributed by atoms with Crippen molar-refractivity contribution in [3.8, 4) is 5.75 Å². The molecule has 2 bridgehead atoms. The fourth-order valence-corrected chi connectivity index (χ4v) is 13.8. The number of benzene rings is 2. The second-order valence-corrected chi connectivity index (χ2v) is 19.3. The van der Waals surface area contributed by atoms with E-state index in [4.69, 9.17) is 18.9 Å². The van der Waals surface area contributed by atoms with Gasteiger partial charge in [0, 0.05) is 109 Å². The van der Waals surface area contributed by atoms with E-state index in [2.05, 4.69) is 65.0 Å². The van der Waals surface area contributed by atoms with E-state index >= 15 is 4.79 Å². The van der Waals surface area contributed by atoms with Crippen LogP contribution >= 0.6 is 11.8 Å². The van der Waals surface area contributed by atoms with Crippen LogP contribution in [0.3, 0.4) is 0 Å². The number of rotatable bonds is 11. The van der Waals surface area contributed by atoms with Crippen molar-refractivity contribution < 1.29 is 43.5 Å². The molecule has 1 saturated carbocycles. The Morgan fingerprint density at radius 1 is 1.02 bits per heavy atom. The van der Waals surface area contributed by atoms with Crippen molar-refractivity contribution in [1.82, 2.24) is 14.8 Å². The van der Waals surface area contributed by atoms with Crippen molar-refractivity contribution in [3.05, 3.63) is 76.0 Å². The first-order valence-electron chi connectivity index (χ1n) is 22.1. The molecular weight excluding hydrogens is 809 g/mol. The number of aromatic amines is 1. The lowest BCUT2D eigenvalue weighted by Crippen LogP contribution is -2.78. The lowest BCUT2D eigenvalue weighted by molar-refractivity contribution is -0.212. The molecule has 9 rings (SSSR count). The monoisotopic (exact) mass is 868 g/mol. The minimum absolute atomic E-state index is 0.000891. The van der Waals surface area contributed by atoms with E-state index in [1.807, 2.05) is 18.0 Å². The van der Waals surface area contributed by atoms with Crippen LogP contribution in [0.1, 0.15) is 75.3 Å². The predicted octanol–water partition coefficient (Wildman–Crippen LogP) is 5.23. The molecule has 0 amide bonds. The van der Waals surface area contributed by atoms with Gasteiger partial charge in [-0.15, -0.1) is 11.8 Å². The van der Waals surface area contributed by atoms with Crippen LogP contribution in [0.5, 0.6) is 5.75 Å². The number of aromatic nitrogens is 1. The van der Waals surface area contributed by atoms with Crippen LogP contribution in [0.2, 0.25) is 0 Å². The maximum atomic E-state index is 15.4. The van der Waals surface area contributed by atoms with Gasteiger partial charge in [0.1, 0.15) is 11.2 Å². The zero-order valence-electron chi connectivity index (χ0n) is 36.9. The number of anilines is 1. The Morgan fingerprint density at radius 2 is 1.81 bits per heavy atom. The average Bonchev–Trinajstić information content (AvgIpc) is 3.91. The molecule has 14 heteroatoms. The summed E-state index contributed by atoms with van der Waals surface area (Å²) in [5.41, 5.74) is 2.86. The molecule has 6 aliphatic rings. The Hall–Kier alpha value is -4.34. The molecule has 5 aliphatic heterocycles. The van der Waals surface area contributed by atoms with Gasteiger partial charge < -0.3 is 39.0 Å². The molecule has 1 saturated heterocycles. The number of esters is 3. The fourth-order valence-electron chi connectivity index (χ4n) is 12.9. The highest BCUT2D eigenvalue weighted by molar-refractivity contribution is 7.99. The Balaban J connectivity index is 1.33. The van der Waals surface area contributed by atoms with E-state index in [1.165, 1.54) is 26.7 Å². The van der Waals surface area contributed by atoms with Gasteiger partial charge in [0.15, 0.2) is 6.10 Å². The van der Waals surface area contributed by atoms with Gasteiger partial charge >= 0.3 is 17.9 Å². The first-order chi connectivity index (χ1) is 29.8. The predicted molar refractivity (Wildman–Crippen MR) is 237 cm³/mol. The number of hydrogen-bond acceptors (Lipinski definition) is 13. The normalized spacial score (nSPS) is 32.0. The molecule has 2 unspecified atom stereocenters. The van der Waals surface area contributed by atoms with Crippen LogP contribution < -0.4 is 9.64 Å². The molecule has 3 aromatic rings. The average molecular weight is 869 g/mol. The van der Waals surface area contributed by atoms with E-state index in [0.717, 1.165) is 69.1 Å². The summed E-state index contributed by atoms with van der Waals surface area (Å²) in [7, 11) is 6.22. The molecule has 1 spiro atoms. The zero-order valence-corrected chi connectivity index (χ0v) is 37.7. The number of ether oxygens (including phenoxy) is 4. The van der Waals surface area contributed by atoms with Gasteiger partial charge in [0.05, 0.1) is 27.4 Å². The van der Waals surface area contributed by atoms with E-state index in [-0.39, 0.29) is 18.6 Å². The van der Waals surface area contributed by atoms with Crippen molar-refractivity contribution in [1.29, 1.82) is 0 Å². The summed E-state index contributed by atoms with van der Waals surface area (Å²) in [4.78, 5) is 54.5. The molecule has 9 atom stereocenters. The first kappa shape index (κ1) is 42.9. The Morgan fingerprint density at radius 3 is 2.50 bits per heavy atom. The van der Waals surface area contributed by atoms with Crippen LogP contribution in [-0.4, -0.2) is 134 Å². The third-order valence-corrected chi connectivity index (χ3v) is 16.3. The number of H-pyrrole nitrogens is 1. The molecule has 2 fully saturated rings. The van der Waals surface area contributed by atoms with Crippen molar-refractivity contribution in [2.75, 3.05) is 71.8 Å². The maximum absolute atomic E-state index is 15.4. The second kappa shape index (κ2) is 16.0. The van der Waals surface area contributed by atoms with Gasteiger partial charge in [-0.05, 0) is 80.0 Å². The highest BCUT2D eigenvalue weighted by Gasteiger charge is 2.77. The van der Waals surface area contributed by atoms with E-state index < -0.39 is 52.4 Å². The maximum Gasteiger partial charge on any atom is 0.344 e. The summed E-state index contributed by atoms with van der Waals surface area (Å²) in [5, 5.41) is 23.8. The number of aliphatic hydroxyl groups is 2. The smallest absolute Gasteiger partial charge is 0.344 e. The Labute approximate surface area is 367 Å². The Kier molecular flexibility index (Phi) is 11.1. The van der Waals surface area contributed by atoms with E-state index in [1.54, 1.807) is 18.9 Å². The number of fused-ring (bicyclic) bond motifs is 6. The SMILES string of the molecule is CCC1=C[C@H]2CN(C1)Cc1c([nH]c3ccc(SCCCO)cc13)[C@@](C(=O)OC)(c1cc3c(cc1OC)N(C)[C@H]1[C@@](O)(C(=O)OC)[C@H](OC(C)=O)C4C(CC)=CCN5CC[C@]31[C@H]45)C2. The minimum Gasteiger partial charge on any atom is -0.496 e. The fraction of sp³-hybridized carbons (Fsp3) is 0.562. The van der Waals surface area contributed by atoms with Crippen molar-refractivity contribution in [2.24, 2.45) is 11.8 Å². The topological polar surface area (TPSA) is 154 Å². The van der Waals surface area contributed by atoms with Crippen molar-refractivity contribution in [3.63, 3.8) is 0 Å². The number of methoxy groups -OCH3 is 3. The summed E-state index contributed by atoms with van der Waals surface area (Å²) < 4.78 is 24.0. The molecule has 0 radical (unpaired) electrons. The quantitative estimate of drug-likeness (QED) is 0.0759. The van der Waals surface area contributed by atoms with Crippen LogP contribution in [-0.2, 0) is 46.0 Å². The molecule has 332 valence electrons. The standard InChI is InChI=1S/C48H60N4O9S/c1-8-28-19-29-23-47(44(55)59-6,40-33(26-51(24-28)25-29)32-20-31(62-18-10-17-53)11-12-36(32)49-40)35-21-34-37(22-38(35)58-5)50(4)43-46(34)14-16-52-15-13-30(9-2)39(41(46)52)42(61-27(3)54)48(43,57)45(56)60-7/h11-13,19-22,29,39,41-43,49,53,57H,8-10,14-18,23-26H2,1-7H3/t29-,39?,41+,42-,43-,46-,47+,48-/m1/s1. The van der Waals surface area contributed by atoms with Gasteiger partial charge in [-0.1, -0.05) is 37.1 Å². The van der Waals surface area contributed by atoms with Crippen LogP contribution in [0.4, 0.5) is 5.69 Å². The van der Waals surface area contributed by atoms with Crippen LogP contribution in [0.25, 0.3) is 10.9 Å². The lowest BCUT2D eigenvalue weighted by atomic mass is 9.52. The third kappa shape index (κ3) is 6.06. The number of carbonyl (C=O) groups excluding carboxylic acids is 3. The lowest BCUT2D eigenvalue weighted by Gasteiger charge is -2.59. The van der Waals surface area contributed by atoms with Gasteiger partial charge in [-0.25, -0.2) is 4.79 Å². The number of carbonyl (C=O) groups is 3. The first-order valence-corrected chi connectivity index (χ1v) is 23.1. The van der Waals surface area contributed by atoms with Crippen molar-refractivity contribution >= 4 is 46.3 Å². The number of likely N-dealkylation sites (N-methyl/N-ethyl adjacent to an activating group) is 1. The van der Waals surface area contributed by atoms with Gasteiger partial charge in [-0.2, -0.15) is 0 Å². The number of nitrogens with one attached hydrogen (secondary N) is 1. The van der Waals surface area contributed by atoms with E-state index in [0.29, 0.717) is 56.6 Å². The largest absolute Gasteiger partial charge is 0.496 e. The summed E-state index contributed by atoms with van der Waals surface area (Å²) in [6.07, 6.45) is 6.52. The molecule has 13 nitrogen and oxygen atoms in total. The highest BCUT2D eigenvalue weighted by atomic mass is 32.2.